The van der Waals surface area contributed by atoms with Crippen molar-refractivity contribution in [1.82, 2.24) is 8.61 Å². The Bertz CT molecular complexity index is 607. The molecule has 0 amide bonds. The van der Waals surface area contributed by atoms with Gasteiger partial charge in [0.2, 0.25) is 0 Å². The van der Waals surface area contributed by atoms with Gasteiger partial charge in [-0.25, -0.2) is 0 Å². The van der Waals surface area contributed by atoms with Crippen molar-refractivity contribution in [3.05, 3.63) is 22.4 Å². The van der Waals surface area contributed by atoms with Crippen LogP contribution in [0.3, 0.4) is 0 Å². The molecule has 1 aromatic rings. The van der Waals surface area contributed by atoms with Crippen molar-refractivity contribution in [2.45, 2.75) is 26.2 Å². The zero-order chi connectivity index (χ0) is 16.6. The molecule has 0 spiro atoms. The second kappa shape index (κ2) is 6.80. The van der Waals surface area contributed by atoms with Crippen molar-refractivity contribution < 1.29 is 13.5 Å². The first-order chi connectivity index (χ1) is 10.9. The maximum atomic E-state index is 13.0. The average Bonchev–Trinajstić information content (AvgIpc) is 3.15. The monoisotopic (exact) mass is 358 g/mol. The smallest absolute Gasteiger partial charge is 0.282 e. The number of thiophene rings is 1. The fourth-order valence-corrected chi connectivity index (χ4v) is 6.69. The van der Waals surface area contributed by atoms with Crippen LogP contribution in [0.4, 0.5) is 0 Å². The van der Waals surface area contributed by atoms with Gasteiger partial charge in [0.05, 0.1) is 0 Å². The molecular weight excluding hydrogens is 332 g/mol. The molecular formula is C16H26N2O3S2. The Hall–Kier alpha value is -0.470. The van der Waals surface area contributed by atoms with Gasteiger partial charge in [0.25, 0.3) is 10.2 Å². The number of piperidine rings is 1. The van der Waals surface area contributed by atoms with Gasteiger partial charge < -0.3 is 5.11 Å². The van der Waals surface area contributed by atoms with E-state index in [1.807, 2.05) is 11.4 Å². The third-order valence-electron chi connectivity index (χ3n) is 5.10. The van der Waals surface area contributed by atoms with Gasteiger partial charge in [0.15, 0.2) is 0 Å². The molecule has 2 saturated heterocycles. The van der Waals surface area contributed by atoms with Gasteiger partial charge in [0.1, 0.15) is 0 Å². The molecule has 23 heavy (non-hydrogen) atoms. The Morgan fingerprint density at radius 3 is 2.39 bits per heavy atom. The predicted molar refractivity (Wildman–Crippen MR) is 92.6 cm³/mol. The van der Waals surface area contributed by atoms with E-state index in [2.05, 4.69) is 19.2 Å². The third-order valence-corrected chi connectivity index (χ3v) is 7.70. The van der Waals surface area contributed by atoms with Gasteiger partial charge in [-0.05, 0) is 40.6 Å². The standard InChI is InChI=1S/C16H26N2O3S2/c1-12-5-13(2)7-17(6-12)23(20,21)18-8-15(10-19)16(9-18)14-3-4-22-11-14/h3-4,11-13,15-16,19H,5-10H2,1-2H3/t12-,13+,15-,16+/m0/s1. The minimum absolute atomic E-state index is 0.0148. The van der Waals surface area contributed by atoms with E-state index in [4.69, 9.17) is 0 Å². The summed E-state index contributed by atoms with van der Waals surface area (Å²) < 4.78 is 29.3. The van der Waals surface area contributed by atoms with Crippen LogP contribution < -0.4 is 0 Å². The van der Waals surface area contributed by atoms with E-state index in [-0.39, 0.29) is 18.4 Å². The topological polar surface area (TPSA) is 60.9 Å². The summed E-state index contributed by atoms with van der Waals surface area (Å²) in [6.45, 7) is 6.37. The second-order valence-electron chi connectivity index (χ2n) is 7.19. The van der Waals surface area contributed by atoms with Crippen LogP contribution in [0.1, 0.15) is 31.7 Å². The third kappa shape index (κ3) is 3.49. The number of hydrogen-bond acceptors (Lipinski definition) is 4. The summed E-state index contributed by atoms with van der Waals surface area (Å²) in [4.78, 5) is 0. The Kier molecular flexibility index (Phi) is 5.13. The van der Waals surface area contributed by atoms with Gasteiger partial charge in [-0.1, -0.05) is 13.8 Å². The Labute approximate surface area is 143 Å². The van der Waals surface area contributed by atoms with Gasteiger partial charge in [-0.3, -0.25) is 0 Å². The van der Waals surface area contributed by atoms with Crippen LogP contribution in [0.2, 0.25) is 0 Å². The molecule has 0 unspecified atom stereocenters. The first kappa shape index (κ1) is 17.4. The van der Waals surface area contributed by atoms with Gasteiger partial charge in [-0.15, -0.1) is 0 Å². The highest BCUT2D eigenvalue weighted by molar-refractivity contribution is 7.86. The number of aliphatic hydroxyl groups excluding tert-OH is 1. The highest BCUT2D eigenvalue weighted by Gasteiger charge is 2.42. The van der Waals surface area contributed by atoms with Crippen LogP contribution in [0.5, 0.6) is 0 Å². The number of nitrogens with zero attached hydrogens (tertiary/aromatic N) is 2. The Morgan fingerprint density at radius 2 is 1.83 bits per heavy atom. The average molecular weight is 359 g/mol. The fraction of sp³-hybridized carbons (Fsp3) is 0.750. The number of aliphatic hydroxyl groups is 1. The number of rotatable bonds is 4. The lowest BCUT2D eigenvalue weighted by Crippen LogP contribution is -2.49. The van der Waals surface area contributed by atoms with Crippen molar-refractivity contribution in [1.29, 1.82) is 0 Å². The molecule has 5 nitrogen and oxygen atoms in total. The molecule has 0 aliphatic carbocycles. The van der Waals surface area contributed by atoms with Crippen LogP contribution in [0.15, 0.2) is 16.8 Å². The van der Waals surface area contributed by atoms with E-state index in [9.17, 15) is 13.5 Å². The van der Waals surface area contributed by atoms with E-state index >= 15 is 0 Å². The second-order valence-corrected chi connectivity index (χ2v) is 9.90. The lowest BCUT2D eigenvalue weighted by Gasteiger charge is -2.36. The maximum absolute atomic E-state index is 13.0. The van der Waals surface area contributed by atoms with E-state index in [0.717, 1.165) is 12.0 Å². The summed E-state index contributed by atoms with van der Waals surface area (Å²) in [6, 6.07) is 2.04. The van der Waals surface area contributed by atoms with Gasteiger partial charge in [0, 0.05) is 44.6 Å². The highest BCUT2D eigenvalue weighted by atomic mass is 32.2. The molecule has 130 valence electrons. The van der Waals surface area contributed by atoms with Crippen molar-refractivity contribution in [3.8, 4) is 0 Å². The molecule has 0 radical (unpaired) electrons. The minimum Gasteiger partial charge on any atom is -0.396 e. The molecule has 3 rings (SSSR count). The number of hydrogen-bond donors (Lipinski definition) is 1. The summed E-state index contributed by atoms with van der Waals surface area (Å²) >= 11 is 1.62. The van der Waals surface area contributed by atoms with Crippen LogP contribution in [-0.2, 0) is 10.2 Å². The molecule has 0 aromatic carbocycles. The van der Waals surface area contributed by atoms with Crippen molar-refractivity contribution >= 4 is 21.5 Å². The molecule has 1 aromatic heterocycles. The molecule has 2 aliphatic rings. The lowest BCUT2D eigenvalue weighted by molar-refractivity contribution is 0.206. The van der Waals surface area contributed by atoms with E-state index in [1.165, 1.54) is 0 Å². The van der Waals surface area contributed by atoms with E-state index in [1.54, 1.807) is 19.9 Å². The summed E-state index contributed by atoms with van der Waals surface area (Å²) in [5.74, 6) is 0.884. The normalized spacial score (nSPS) is 34.0. The summed E-state index contributed by atoms with van der Waals surface area (Å²) in [5, 5.41) is 13.8. The quantitative estimate of drug-likeness (QED) is 0.895. The molecule has 3 heterocycles. The first-order valence-electron chi connectivity index (χ1n) is 8.30. The van der Waals surface area contributed by atoms with Crippen molar-refractivity contribution in [2.24, 2.45) is 17.8 Å². The molecule has 0 saturated carbocycles. The molecule has 1 N–H and O–H groups in total. The maximum Gasteiger partial charge on any atom is 0.282 e. The van der Waals surface area contributed by atoms with Crippen LogP contribution in [-0.4, -0.2) is 54.9 Å². The lowest BCUT2D eigenvalue weighted by atomic mass is 9.92. The Morgan fingerprint density at radius 1 is 1.17 bits per heavy atom. The van der Waals surface area contributed by atoms with Crippen LogP contribution in [0, 0.1) is 17.8 Å². The van der Waals surface area contributed by atoms with Crippen molar-refractivity contribution in [3.63, 3.8) is 0 Å². The van der Waals surface area contributed by atoms with Crippen LogP contribution in [0.25, 0.3) is 0 Å². The van der Waals surface area contributed by atoms with Crippen molar-refractivity contribution in [2.75, 3.05) is 32.8 Å². The first-order valence-corrected chi connectivity index (χ1v) is 10.6. The summed E-state index contributed by atoms with van der Waals surface area (Å²) in [7, 11) is -3.44. The fourth-order valence-electron chi connectivity index (χ4n) is 4.03. The molecule has 2 aliphatic heterocycles. The molecule has 7 heteroatoms. The van der Waals surface area contributed by atoms with Gasteiger partial charge in [-0.2, -0.15) is 28.4 Å². The minimum atomic E-state index is -3.44. The SMILES string of the molecule is C[C@@H]1C[C@H](C)CN(S(=O)(=O)N2C[C@@H](CO)[C@@H](c3ccsc3)C2)C1. The zero-order valence-electron chi connectivity index (χ0n) is 13.8. The van der Waals surface area contributed by atoms with Crippen LogP contribution >= 0.6 is 11.3 Å². The van der Waals surface area contributed by atoms with E-state index < -0.39 is 10.2 Å². The summed E-state index contributed by atoms with van der Waals surface area (Å²) in [6.07, 6.45) is 1.09. The van der Waals surface area contributed by atoms with Gasteiger partial charge >= 0.3 is 0 Å². The highest BCUT2D eigenvalue weighted by Crippen LogP contribution is 2.36. The van der Waals surface area contributed by atoms with E-state index in [0.29, 0.717) is 38.0 Å². The molecule has 0 bridgehead atoms. The molecule has 4 atom stereocenters. The summed E-state index contributed by atoms with van der Waals surface area (Å²) in [5.41, 5.74) is 1.15. The molecule has 2 fully saturated rings. The largest absolute Gasteiger partial charge is 0.396 e. The Balaban J connectivity index is 1.78. The zero-order valence-corrected chi connectivity index (χ0v) is 15.4. The predicted octanol–water partition coefficient (Wildman–Crippen LogP) is 1.98.